The maximum Gasteiger partial charge on any atom is 0.126 e. The molecule has 0 aliphatic heterocycles. The van der Waals surface area contributed by atoms with Crippen molar-refractivity contribution in [1.29, 1.82) is 0 Å². The topological polar surface area (TPSA) is 60.4 Å². The zero-order valence-corrected chi connectivity index (χ0v) is 21.7. The smallest absolute Gasteiger partial charge is 0.126 e. The van der Waals surface area contributed by atoms with E-state index >= 15 is 0 Å². The van der Waals surface area contributed by atoms with Gasteiger partial charge < -0.3 is 29.0 Å². The molecule has 7 heteroatoms. The van der Waals surface area contributed by atoms with Crippen LogP contribution in [0.25, 0.3) is 0 Å². The minimum absolute atomic E-state index is 0. The number of nitrogens with zero attached hydrogens (tertiary/aromatic N) is 1. The van der Waals surface area contributed by atoms with Crippen molar-refractivity contribution in [2.45, 2.75) is 18.9 Å². The lowest BCUT2D eigenvalue weighted by Crippen LogP contribution is -2.19. The summed E-state index contributed by atoms with van der Waals surface area (Å²) in [6, 6.07) is 21.3. The summed E-state index contributed by atoms with van der Waals surface area (Å²) >= 11 is 0. The Morgan fingerprint density at radius 1 is 0.771 bits per heavy atom. The predicted octanol–water partition coefficient (Wildman–Crippen LogP) is 4.96. The summed E-state index contributed by atoms with van der Waals surface area (Å²) in [5, 5.41) is 10.8. The molecule has 0 heterocycles. The fraction of sp³-hybridized carbons (Fsp3) is 0.357. The number of aliphatic hydroxyl groups is 1. The van der Waals surface area contributed by atoms with E-state index in [1.807, 2.05) is 68.7 Å². The van der Waals surface area contributed by atoms with E-state index < -0.39 is 6.10 Å². The van der Waals surface area contributed by atoms with E-state index in [1.165, 1.54) is 5.56 Å². The minimum Gasteiger partial charge on any atom is -0.497 e. The van der Waals surface area contributed by atoms with Crippen LogP contribution in [-0.4, -0.2) is 58.1 Å². The molecule has 0 saturated heterocycles. The van der Waals surface area contributed by atoms with E-state index in [0.29, 0.717) is 19.6 Å². The SMILES string of the molecule is COc1ccc(C(O)Cc2ccc(OC)cc2OCCc2ccc(OCCN(C)C)cc2)cc1.Cl. The Hall–Kier alpha value is -2.93. The van der Waals surface area contributed by atoms with Gasteiger partial charge in [-0.1, -0.05) is 30.3 Å². The quantitative estimate of drug-likeness (QED) is 0.357. The zero-order valence-electron chi connectivity index (χ0n) is 20.9. The van der Waals surface area contributed by atoms with Gasteiger partial charge in [-0.3, -0.25) is 0 Å². The highest BCUT2D eigenvalue weighted by atomic mass is 35.5. The van der Waals surface area contributed by atoms with Crippen LogP contribution in [0.4, 0.5) is 0 Å². The Morgan fingerprint density at radius 2 is 1.40 bits per heavy atom. The number of rotatable bonds is 13. The maximum absolute atomic E-state index is 10.8. The van der Waals surface area contributed by atoms with Crippen LogP contribution in [0.3, 0.4) is 0 Å². The summed E-state index contributed by atoms with van der Waals surface area (Å²) < 4.78 is 22.5. The van der Waals surface area contributed by atoms with Crippen LogP contribution in [0, 0.1) is 0 Å². The molecule has 3 rings (SSSR count). The summed E-state index contributed by atoms with van der Waals surface area (Å²) in [7, 11) is 7.31. The van der Waals surface area contributed by atoms with Crippen molar-refractivity contribution < 1.29 is 24.1 Å². The van der Waals surface area contributed by atoms with Crippen LogP contribution in [-0.2, 0) is 12.8 Å². The molecule has 6 nitrogen and oxygen atoms in total. The van der Waals surface area contributed by atoms with Crippen molar-refractivity contribution in [2.24, 2.45) is 0 Å². The van der Waals surface area contributed by atoms with Crippen LogP contribution < -0.4 is 18.9 Å². The van der Waals surface area contributed by atoms with Crippen molar-refractivity contribution in [3.8, 4) is 23.0 Å². The van der Waals surface area contributed by atoms with Crippen LogP contribution in [0.1, 0.15) is 22.8 Å². The predicted molar refractivity (Wildman–Crippen MR) is 142 cm³/mol. The molecule has 1 unspecified atom stereocenters. The molecule has 0 bridgehead atoms. The van der Waals surface area contributed by atoms with Gasteiger partial charge >= 0.3 is 0 Å². The summed E-state index contributed by atoms with van der Waals surface area (Å²) in [5.41, 5.74) is 2.92. The average Bonchev–Trinajstić information content (AvgIpc) is 2.85. The third-order valence-corrected chi connectivity index (χ3v) is 5.57. The number of likely N-dealkylation sites (N-methyl/N-ethyl adjacent to an activating group) is 1. The summed E-state index contributed by atoms with van der Waals surface area (Å²) in [5.74, 6) is 3.07. The van der Waals surface area contributed by atoms with Gasteiger partial charge in [-0.2, -0.15) is 0 Å². The molecule has 190 valence electrons. The summed E-state index contributed by atoms with van der Waals surface area (Å²) in [6.45, 7) is 2.06. The maximum atomic E-state index is 10.8. The first-order valence-electron chi connectivity index (χ1n) is 11.5. The molecule has 1 N–H and O–H groups in total. The average molecular weight is 502 g/mol. The van der Waals surface area contributed by atoms with Gasteiger partial charge in [-0.25, -0.2) is 0 Å². The Balaban J connectivity index is 0.00000432. The molecule has 1 atom stereocenters. The number of hydrogen-bond acceptors (Lipinski definition) is 6. The lowest BCUT2D eigenvalue weighted by atomic mass is 10.0. The summed E-state index contributed by atoms with van der Waals surface area (Å²) in [4.78, 5) is 2.09. The summed E-state index contributed by atoms with van der Waals surface area (Å²) in [6.07, 6.45) is 0.544. The van der Waals surface area contributed by atoms with Crippen molar-refractivity contribution >= 4 is 12.4 Å². The van der Waals surface area contributed by atoms with Gasteiger partial charge in [0.1, 0.15) is 29.6 Å². The lowest BCUT2D eigenvalue weighted by molar-refractivity contribution is 0.176. The van der Waals surface area contributed by atoms with Gasteiger partial charge in [0.25, 0.3) is 0 Å². The van der Waals surface area contributed by atoms with E-state index in [9.17, 15) is 5.11 Å². The minimum atomic E-state index is -0.651. The third kappa shape index (κ3) is 8.98. The number of methoxy groups -OCH3 is 2. The molecule has 0 saturated carbocycles. The molecule has 0 amide bonds. The first-order chi connectivity index (χ1) is 16.5. The van der Waals surface area contributed by atoms with Crippen molar-refractivity contribution in [2.75, 3.05) is 48.1 Å². The lowest BCUT2D eigenvalue weighted by Gasteiger charge is -2.17. The molecule has 0 aliphatic rings. The van der Waals surface area contributed by atoms with Gasteiger partial charge in [0.2, 0.25) is 0 Å². The monoisotopic (exact) mass is 501 g/mol. The fourth-order valence-electron chi connectivity index (χ4n) is 3.49. The number of aliphatic hydroxyl groups excluding tert-OH is 1. The molecule has 0 fully saturated rings. The number of benzene rings is 3. The van der Waals surface area contributed by atoms with Gasteiger partial charge in [-0.15, -0.1) is 12.4 Å². The van der Waals surface area contributed by atoms with E-state index in [-0.39, 0.29) is 12.4 Å². The molecular formula is C28H36ClNO5. The Morgan fingerprint density at radius 3 is 2.03 bits per heavy atom. The highest BCUT2D eigenvalue weighted by Crippen LogP contribution is 2.30. The van der Waals surface area contributed by atoms with Gasteiger partial charge in [-0.05, 0) is 61.1 Å². The molecule has 0 aliphatic carbocycles. The second-order valence-electron chi connectivity index (χ2n) is 8.36. The Labute approximate surface area is 214 Å². The highest BCUT2D eigenvalue weighted by molar-refractivity contribution is 5.85. The first kappa shape index (κ1) is 28.3. The van der Waals surface area contributed by atoms with Gasteiger partial charge in [0.15, 0.2) is 0 Å². The number of ether oxygens (including phenoxy) is 4. The van der Waals surface area contributed by atoms with E-state index in [2.05, 4.69) is 17.0 Å². The van der Waals surface area contributed by atoms with Crippen molar-refractivity contribution in [3.63, 3.8) is 0 Å². The number of hydrogen-bond donors (Lipinski definition) is 1. The molecule has 35 heavy (non-hydrogen) atoms. The van der Waals surface area contributed by atoms with Crippen LogP contribution in [0.2, 0.25) is 0 Å². The van der Waals surface area contributed by atoms with E-state index in [4.69, 9.17) is 18.9 Å². The Kier molecular flexibility index (Phi) is 11.7. The highest BCUT2D eigenvalue weighted by Gasteiger charge is 2.14. The fourth-order valence-corrected chi connectivity index (χ4v) is 3.49. The third-order valence-electron chi connectivity index (χ3n) is 5.57. The van der Waals surface area contributed by atoms with E-state index in [1.54, 1.807) is 14.2 Å². The standard InChI is InChI=1S/C28H35NO5.ClH/c1-29(2)16-18-33-25-10-5-21(6-11-25)15-17-34-28-20-26(32-4)14-9-23(28)19-27(30)22-7-12-24(31-3)13-8-22;/h5-14,20,27,30H,15-19H2,1-4H3;1H. The zero-order chi connectivity index (χ0) is 24.3. The largest absolute Gasteiger partial charge is 0.497 e. The van der Waals surface area contributed by atoms with Crippen LogP contribution in [0.15, 0.2) is 66.7 Å². The second kappa shape index (κ2) is 14.5. The molecule has 0 spiro atoms. The van der Waals surface area contributed by atoms with Gasteiger partial charge in [0.05, 0.1) is 26.9 Å². The van der Waals surface area contributed by atoms with Crippen molar-refractivity contribution in [3.05, 3.63) is 83.4 Å². The van der Waals surface area contributed by atoms with Crippen LogP contribution >= 0.6 is 12.4 Å². The second-order valence-corrected chi connectivity index (χ2v) is 8.36. The van der Waals surface area contributed by atoms with Crippen LogP contribution in [0.5, 0.6) is 23.0 Å². The first-order valence-corrected chi connectivity index (χ1v) is 11.5. The molecule has 3 aromatic carbocycles. The molecule has 3 aromatic rings. The molecule has 0 aromatic heterocycles. The molecular weight excluding hydrogens is 466 g/mol. The van der Waals surface area contributed by atoms with Crippen molar-refractivity contribution in [1.82, 2.24) is 4.90 Å². The normalized spacial score (nSPS) is 11.5. The van der Waals surface area contributed by atoms with E-state index in [0.717, 1.165) is 47.1 Å². The number of halogens is 1. The van der Waals surface area contributed by atoms with Gasteiger partial charge in [0, 0.05) is 25.5 Å². The molecule has 0 radical (unpaired) electrons. The Bertz CT molecular complexity index is 1010.